The highest BCUT2D eigenvalue weighted by atomic mass is 32.1. The molecule has 0 spiro atoms. The third kappa shape index (κ3) is 4.20. The summed E-state index contributed by atoms with van der Waals surface area (Å²) in [7, 11) is 1.98. The topological polar surface area (TPSA) is 45.6 Å². The van der Waals surface area contributed by atoms with Crippen molar-refractivity contribution in [3.8, 4) is 0 Å². The predicted molar refractivity (Wildman–Crippen MR) is 99.4 cm³/mol. The summed E-state index contributed by atoms with van der Waals surface area (Å²) in [6.45, 7) is 4.76. The first-order chi connectivity index (χ1) is 12.1. The molecule has 1 saturated carbocycles. The minimum atomic E-state index is -0.113. The molecule has 1 aliphatic carbocycles. The van der Waals surface area contributed by atoms with Gasteiger partial charge in [-0.25, -0.2) is 0 Å². The molecule has 2 aromatic rings. The van der Waals surface area contributed by atoms with Crippen LogP contribution < -0.4 is 0 Å². The quantitative estimate of drug-likeness (QED) is 0.682. The molecule has 3 rings (SSSR count). The number of thiophene rings is 1. The fourth-order valence-corrected chi connectivity index (χ4v) is 3.52. The SMILES string of the molecule is C=CCN(CC(=O)N(Cc1cccn1C)C1CC1)C(=O)c1cccs1. The Morgan fingerprint density at radius 2 is 2.16 bits per heavy atom. The lowest BCUT2D eigenvalue weighted by Crippen LogP contribution is -2.43. The first-order valence-electron chi connectivity index (χ1n) is 8.43. The molecule has 5 nitrogen and oxygen atoms in total. The molecule has 1 fully saturated rings. The zero-order valence-corrected chi connectivity index (χ0v) is 15.2. The fraction of sp³-hybridized carbons (Fsp3) is 0.368. The highest BCUT2D eigenvalue weighted by molar-refractivity contribution is 7.12. The third-order valence-electron chi connectivity index (χ3n) is 4.39. The summed E-state index contributed by atoms with van der Waals surface area (Å²) in [6, 6.07) is 7.94. The summed E-state index contributed by atoms with van der Waals surface area (Å²) in [6.07, 6.45) is 5.72. The third-order valence-corrected chi connectivity index (χ3v) is 5.24. The molecule has 2 aromatic heterocycles. The summed E-state index contributed by atoms with van der Waals surface area (Å²) < 4.78 is 2.03. The Kier molecular flexibility index (Phi) is 5.38. The number of carbonyl (C=O) groups is 2. The molecule has 0 aliphatic heterocycles. The van der Waals surface area contributed by atoms with Crippen molar-refractivity contribution in [1.82, 2.24) is 14.4 Å². The van der Waals surface area contributed by atoms with Gasteiger partial charge >= 0.3 is 0 Å². The Labute approximate surface area is 152 Å². The average molecular weight is 357 g/mol. The molecule has 0 saturated heterocycles. The minimum absolute atomic E-state index is 0.00421. The molecular formula is C19H23N3O2S. The zero-order chi connectivity index (χ0) is 17.8. The van der Waals surface area contributed by atoms with Gasteiger partial charge in [-0.1, -0.05) is 12.1 Å². The van der Waals surface area contributed by atoms with Gasteiger partial charge in [0.25, 0.3) is 5.91 Å². The van der Waals surface area contributed by atoms with Crippen LogP contribution in [0, 0.1) is 0 Å². The van der Waals surface area contributed by atoms with E-state index in [0.29, 0.717) is 24.0 Å². The number of nitrogens with zero attached hydrogens (tertiary/aromatic N) is 3. The van der Waals surface area contributed by atoms with Gasteiger partial charge < -0.3 is 14.4 Å². The van der Waals surface area contributed by atoms with Gasteiger partial charge in [-0.15, -0.1) is 17.9 Å². The van der Waals surface area contributed by atoms with Gasteiger partial charge in [0.2, 0.25) is 5.91 Å². The van der Waals surface area contributed by atoms with E-state index >= 15 is 0 Å². The van der Waals surface area contributed by atoms with Crippen LogP contribution in [-0.4, -0.2) is 45.3 Å². The largest absolute Gasteiger partial charge is 0.353 e. The first kappa shape index (κ1) is 17.5. The molecule has 0 aromatic carbocycles. The van der Waals surface area contributed by atoms with Crippen molar-refractivity contribution in [2.75, 3.05) is 13.1 Å². The Bertz CT molecular complexity index is 747. The van der Waals surface area contributed by atoms with E-state index in [2.05, 4.69) is 6.58 Å². The Hall–Kier alpha value is -2.34. The lowest BCUT2D eigenvalue weighted by atomic mass is 10.3. The van der Waals surface area contributed by atoms with E-state index in [9.17, 15) is 9.59 Å². The van der Waals surface area contributed by atoms with E-state index in [0.717, 1.165) is 18.5 Å². The normalized spacial score (nSPS) is 13.5. The maximum Gasteiger partial charge on any atom is 0.264 e. The highest BCUT2D eigenvalue weighted by Crippen LogP contribution is 2.28. The van der Waals surface area contributed by atoms with Crippen LogP contribution >= 0.6 is 11.3 Å². The van der Waals surface area contributed by atoms with Crippen LogP contribution in [0.1, 0.15) is 28.2 Å². The second-order valence-corrected chi connectivity index (χ2v) is 7.26. The number of amides is 2. The maximum atomic E-state index is 12.9. The lowest BCUT2D eigenvalue weighted by Gasteiger charge is -2.27. The molecule has 0 unspecified atom stereocenters. The van der Waals surface area contributed by atoms with Crippen LogP contribution in [0.15, 0.2) is 48.5 Å². The number of aromatic nitrogens is 1. The van der Waals surface area contributed by atoms with Crippen molar-refractivity contribution in [2.45, 2.75) is 25.4 Å². The van der Waals surface area contributed by atoms with E-state index in [4.69, 9.17) is 0 Å². The van der Waals surface area contributed by atoms with Crippen LogP contribution in [0.4, 0.5) is 0 Å². The van der Waals surface area contributed by atoms with Crippen molar-refractivity contribution >= 4 is 23.2 Å². The van der Waals surface area contributed by atoms with E-state index in [1.54, 1.807) is 17.0 Å². The summed E-state index contributed by atoms with van der Waals surface area (Å²) in [4.78, 5) is 29.7. The molecule has 2 heterocycles. The van der Waals surface area contributed by atoms with Gasteiger partial charge in [0.15, 0.2) is 0 Å². The minimum Gasteiger partial charge on any atom is -0.353 e. The first-order valence-corrected chi connectivity index (χ1v) is 9.31. The van der Waals surface area contributed by atoms with Crippen LogP contribution in [0.3, 0.4) is 0 Å². The standard InChI is InChI=1S/C19H23N3O2S/c1-3-10-21(19(24)17-7-5-12-25-17)14-18(23)22(15-8-9-15)13-16-6-4-11-20(16)2/h3-7,11-12,15H,1,8-10,13-14H2,2H3. The zero-order valence-electron chi connectivity index (χ0n) is 14.4. The van der Waals surface area contributed by atoms with Gasteiger partial charge in [0.1, 0.15) is 6.54 Å². The maximum absolute atomic E-state index is 12.9. The van der Waals surface area contributed by atoms with Crippen LogP contribution in [-0.2, 0) is 18.4 Å². The van der Waals surface area contributed by atoms with Gasteiger partial charge in [-0.2, -0.15) is 0 Å². The molecular weight excluding hydrogens is 334 g/mol. The smallest absolute Gasteiger partial charge is 0.264 e. The van der Waals surface area contributed by atoms with E-state index < -0.39 is 0 Å². The number of rotatable bonds is 8. The number of carbonyl (C=O) groups excluding carboxylic acids is 2. The van der Waals surface area contributed by atoms with Crippen LogP contribution in [0.25, 0.3) is 0 Å². The number of aryl methyl sites for hydroxylation is 1. The average Bonchev–Trinajstić information content (AvgIpc) is 3.12. The number of hydrogen-bond acceptors (Lipinski definition) is 3. The van der Waals surface area contributed by atoms with E-state index in [1.807, 2.05) is 46.3 Å². The second kappa shape index (κ2) is 7.70. The van der Waals surface area contributed by atoms with Gasteiger partial charge in [0, 0.05) is 31.5 Å². The highest BCUT2D eigenvalue weighted by Gasteiger charge is 2.34. The summed E-state index contributed by atoms with van der Waals surface area (Å²) in [5.41, 5.74) is 1.10. The molecule has 0 atom stereocenters. The predicted octanol–water partition coefficient (Wildman–Crippen LogP) is 2.91. The molecule has 0 radical (unpaired) electrons. The van der Waals surface area contributed by atoms with Gasteiger partial charge in [-0.3, -0.25) is 9.59 Å². The summed E-state index contributed by atoms with van der Waals surface area (Å²) in [5, 5.41) is 1.87. The molecule has 0 N–H and O–H groups in total. The molecule has 1 aliphatic rings. The van der Waals surface area contributed by atoms with Crippen molar-refractivity contribution in [3.05, 3.63) is 59.1 Å². The van der Waals surface area contributed by atoms with Crippen molar-refractivity contribution < 1.29 is 9.59 Å². The molecule has 6 heteroatoms. The Morgan fingerprint density at radius 1 is 1.36 bits per heavy atom. The van der Waals surface area contributed by atoms with Crippen molar-refractivity contribution in [1.29, 1.82) is 0 Å². The van der Waals surface area contributed by atoms with Crippen LogP contribution in [0.2, 0.25) is 0 Å². The summed E-state index contributed by atoms with van der Waals surface area (Å²) >= 11 is 1.39. The fourth-order valence-electron chi connectivity index (χ4n) is 2.83. The Balaban J connectivity index is 1.71. The van der Waals surface area contributed by atoms with Crippen molar-refractivity contribution in [3.63, 3.8) is 0 Å². The van der Waals surface area contributed by atoms with Crippen molar-refractivity contribution in [2.24, 2.45) is 7.05 Å². The van der Waals surface area contributed by atoms with Gasteiger partial charge in [0.05, 0.1) is 11.4 Å². The van der Waals surface area contributed by atoms with E-state index in [-0.39, 0.29) is 18.4 Å². The molecule has 132 valence electrons. The number of hydrogen-bond donors (Lipinski definition) is 0. The van der Waals surface area contributed by atoms with Gasteiger partial charge in [-0.05, 0) is 36.4 Å². The van der Waals surface area contributed by atoms with Crippen LogP contribution in [0.5, 0.6) is 0 Å². The molecule has 25 heavy (non-hydrogen) atoms. The second-order valence-electron chi connectivity index (χ2n) is 6.31. The summed E-state index contributed by atoms with van der Waals surface area (Å²) in [5.74, 6) is -0.117. The Morgan fingerprint density at radius 3 is 2.72 bits per heavy atom. The van der Waals surface area contributed by atoms with E-state index in [1.165, 1.54) is 11.3 Å². The monoisotopic (exact) mass is 357 g/mol. The molecule has 0 bridgehead atoms. The lowest BCUT2D eigenvalue weighted by molar-refractivity contribution is -0.133. The molecule has 2 amide bonds.